The first-order valence-corrected chi connectivity index (χ1v) is 6.78. The molecule has 0 radical (unpaired) electrons. The Morgan fingerprint density at radius 2 is 1.88 bits per heavy atom. The number of hydrazone groups is 1. The molecule has 7 nitrogen and oxygen atoms in total. The summed E-state index contributed by atoms with van der Waals surface area (Å²) in [5.74, 6) is -0.439. The van der Waals surface area contributed by atoms with Gasteiger partial charge < -0.3 is 10.2 Å². The van der Waals surface area contributed by atoms with E-state index in [4.69, 9.17) is 0 Å². The number of anilines is 1. The van der Waals surface area contributed by atoms with Gasteiger partial charge in [0.1, 0.15) is 17.2 Å². The lowest BCUT2D eigenvalue weighted by Crippen LogP contribution is -2.07. The van der Waals surface area contributed by atoms with Gasteiger partial charge in [-0.15, -0.1) is 0 Å². The van der Waals surface area contributed by atoms with Crippen molar-refractivity contribution in [3.8, 4) is 11.5 Å². The number of nitro groups is 1. The molecule has 2 aromatic rings. The van der Waals surface area contributed by atoms with Crippen molar-refractivity contribution in [3.63, 3.8) is 0 Å². The molecule has 0 unspecified atom stereocenters. The highest BCUT2D eigenvalue weighted by Gasteiger charge is 2.33. The highest BCUT2D eigenvalue weighted by atomic mass is 19.4. The van der Waals surface area contributed by atoms with Gasteiger partial charge in [-0.3, -0.25) is 15.5 Å². The molecule has 10 heteroatoms. The van der Waals surface area contributed by atoms with Crippen LogP contribution < -0.4 is 5.43 Å². The average molecular weight is 355 g/mol. The summed E-state index contributed by atoms with van der Waals surface area (Å²) in [6, 6.07) is 5.74. The lowest BCUT2D eigenvalue weighted by atomic mass is 10.1. The fraction of sp³-hybridized carbons (Fsp3) is 0.133. The van der Waals surface area contributed by atoms with Crippen LogP contribution in [0.4, 0.5) is 24.5 Å². The number of rotatable bonds is 4. The Morgan fingerprint density at radius 1 is 1.20 bits per heavy atom. The summed E-state index contributed by atoms with van der Waals surface area (Å²) in [6.45, 7) is 1.47. The molecule has 0 atom stereocenters. The third kappa shape index (κ3) is 4.16. The van der Waals surface area contributed by atoms with Crippen molar-refractivity contribution >= 4 is 17.1 Å². The van der Waals surface area contributed by atoms with Gasteiger partial charge in [0.2, 0.25) is 0 Å². The lowest BCUT2D eigenvalue weighted by Gasteiger charge is -2.09. The van der Waals surface area contributed by atoms with Gasteiger partial charge in [0, 0.05) is 17.7 Å². The maximum Gasteiger partial charge on any atom is 0.416 e. The smallest absolute Gasteiger partial charge is 0.416 e. The number of nitrogens with one attached hydrogen (secondary N) is 1. The molecule has 0 saturated heterocycles. The Morgan fingerprint density at radius 3 is 2.44 bits per heavy atom. The summed E-state index contributed by atoms with van der Waals surface area (Å²) in [5.41, 5.74) is 0.573. The summed E-state index contributed by atoms with van der Waals surface area (Å²) in [6.07, 6.45) is -4.71. The Balaban J connectivity index is 2.34. The molecular formula is C15H12F3N3O4. The standard InChI is InChI=1S/C15H12F3N3O4/c1-8(11-4-3-10(22)7-14(11)23)19-20-12-5-2-9(15(16,17)18)6-13(12)21(24)25/h2-7,20,22-23H,1H3/b19-8+. The average Bonchev–Trinajstić information content (AvgIpc) is 2.51. The van der Waals surface area contributed by atoms with E-state index in [1.165, 1.54) is 19.1 Å². The lowest BCUT2D eigenvalue weighted by molar-refractivity contribution is -0.384. The molecule has 0 aliphatic rings. The first kappa shape index (κ1) is 18.0. The van der Waals surface area contributed by atoms with E-state index in [2.05, 4.69) is 10.5 Å². The number of phenolic OH excluding ortho intramolecular Hbond substituents is 2. The molecule has 0 saturated carbocycles. The van der Waals surface area contributed by atoms with Gasteiger partial charge in [0.25, 0.3) is 5.69 Å². The zero-order valence-electron chi connectivity index (χ0n) is 12.7. The second kappa shape index (κ2) is 6.67. The van der Waals surface area contributed by atoms with Crippen LogP contribution in [0.2, 0.25) is 0 Å². The maximum atomic E-state index is 12.7. The van der Waals surface area contributed by atoms with Gasteiger partial charge in [-0.2, -0.15) is 18.3 Å². The van der Waals surface area contributed by atoms with E-state index in [9.17, 15) is 33.5 Å². The SMILES string of the molecule is C/C(=N\Nc1ccc(C(F)(F)F)cc1[N+](=O)[O-])c1ccc(O)cc1O. The minimum Gasteiger partial charge on any atom is -0.508 e. The molecule has 0 fully saturated rings. The topological polar surface area (TPSA) is 108 Å². The number of phenols is 2. The van der Waals surface area contributed by atoms with Crippen molar-refractivity contribution in [1.29, 1.82) is 0 Å². The molecule has 132 valence electrons. The molecule has 0 aliphatic heterocycles. The third-order valence-electron chi connectivity index (χ3n) is 3.24. The fourth-order valence-corrected chi connectivity index (χ4v) is 1.98. The van der Waals surface area contributed by atoms with Crippen molar-refractivity contribution < 1.29 is 28.3 Å². The van der Waals surface area contributed by atoms with Gasteiger partial charge in [-0.05, 0) is 31.2 Å². The highest BCUT2D eigenvalue weighted by Crippen LogP contribution is 2.35. The van der Waals surface area contributed by atoms with E-state index in [0.29, 0.717) is 12.1 Å². The second-order valence-electron chi connectivity index (χ2n) is 5.00. The molecule has 0 aromatic heterocycles. The quantitative estimate of drug-likeness (QED) is 0.438. The van der Waals surface area contributed by atoms with E-state index < -0.39 is 22.4 Å². The molecule has 3 N–H and O–H groups in total. The number of hydrogen-bond donors (Lipinski definition) is 3. The number of nitro benzene ring substituents is 1. The van der Waals surface area contributed by atoms with Gasteiger partial charge in [0.05, 0.1) is 16.2 Å². The first-order chi connectivity index (χ1) is 11.6. The highest BCUT2D eigenvalue weighted by molar-refractivity contribution is 6.01. The van der Waals surface area contributed by atoms with Crippen LogP contribution in [0, 0.1) is 10.1 Å². The molecule has 0 amide bonds. The molecular weight excluding hydrogens is 343 g/mol. The summed E-state index contributed by atoms with van der Waals surface area (Å²) >= 11 is 0. The third-order valence-corrected chi connectivity index (χ3v) is 3.24. The molecule has 25 heavy (non-hydrogen) atoms. The van der Waals surface area contributed by atoms with Crippen LogP contribution in [0.5, 0.6) is 11.5 Å². The van der Waals surface area contributed by atoms with E-state index in [-0.39, 0.29) is 28.5 Å². The minimum atomic E-state index is -4.71. The van der Waals surface area contributed by atoms with Gasteiger partial charge in [0.15, 0.2) is 0 Å². The van der Waals surface area contributed by atoms with Crippen LogP contribution in [-0.2, 0) is 6.18 Å². The number of hydrogen-bond acceptors (Lipinski definition) is 6. The second-order valence-corrected chi connectivity index (χ2v) is 5.00. The Bertz CT molecular complexity index is 850. The van der Waals surface area contributed by atoms with E-state index in [1.54, 1.807) is 0 Å². The van der Waals surface area contributed by atoms with Crippen molar-refractivity contribution in [1.82, 2.24) is 0 Å². The number of aromatic hydroxyl groups is 2. The minimum absolute atomic E-state index is 0.166. The summed E-state index contributed by atoms with van der Waals surface area (Å²) < 4.78 is 38.0. The summed E-state index contributed by atoms with van der Waals surface area (Å²) in [4.78, 5) is 10.0. The van der Waals surface area contributed by atoms with Crippen LogP contribution in [-0.4, -0.2) is 20.8 Å². The van der Waals surface area contributed by atoms with Gasteiger partial charge >= 0.3 is 6.18 Å². The predicted molar refractivity (Wildman–Crippen MR) is 83.7 cm³/mol. The van der Waals surface area contributed by atoms with Gasteiger partial charge in [-0.25, -0.2) is 0 Å². The van der Waals surface area contributed by atoms with Crippen LogP contribution in [0.15, 0.2) is 41.5 Å². The van der Waals surface area contributed by atoms with Crippen molar-refractivity contribution in [2.75, 3.05) is 5.43 Å². The molecule has 2 rings (SSSR count). The maximum absolute atomic E-state index is 12.7. The zero-order chi connectivity index (χ0) is 18.8. The predicted octanol–water partition coefficient (Wildman–Crippen LogP) is 3.86. The van der Waals surface area contributed by atoms with E-state index in [0.717, 1.165) is 12.1 Å². The van der Waals surface area contributed by atoms with Crippen molar-refractivity contribution in [3.05, 3.63) is 57.6 Å². The van der Waals surface area contributed by atoms with E-state index in [1.807, 2.05) is 0 Å². The molecule has 0 heterocycles. The monoisotopic (exact) mass is 355 g/mol. The summed E-state index contributed by atoms with van der Waals surface area (Å²) in [7, 11) is 0. The first-order valence-electron chi connectivity index (χ1n) is 6.78. The molecule has 0 aliphatic carbocycles. The molecule has 0 bridgehead atoms. The number of alkyl halides is 3. The summed E-state index contributed by atoms with van der Waals surface area (Å²) in [5, 5.41) is 33.8. The largest absolute Gasteiger partial charge is 0.508 e. The van der Waals surface area contributed by atoms with Crippen LogP contribution in [0.3, 0.4) is 0 Å². The Hall–Kier alpha value is -3.30. The Kier molecular flexibility index (Phi) is 4.82. The van der Waals surface area contributed by atoms with E-state index >= 15 is 0 Å². The molecule has 2 aromatic carbocycles. The molecule has 0 spiro atoms. The van der Waals surface area contributed by atoms with Crippen molar-refractivity contribution in [2.45, 2.75) is 13.1 Å². The number of benzene rings is 2. The van der Waals surface area contributed by atoms with Crippen LogP contribution >= 0.6 is 0 Å². The number of nitrogens with zero attached hydrogens (tertiary/aromatic N) is 2. The van der Waals surface area contributed by atoms with Crippen LogP contribution in [0.1, 0.15) is 18.1 Å². The fourth-order valence-electron chi connectivity index (χ4n) is 1.98. The van der Waals surface area contributed by atoms with Gasteiger partial charge in [-0.1, -0.05) is 0 Å². The van der Waals surface area contributed by atoms with Crippen molar-refractivity contribution in [2.24, 2.45) is 5.10 Å². The zero-order valence-corrected chi connectivity index (χ0v) is 12.7. The number of halogens is 3. The Labute approximate surface area is 139 Å². The van der Waals surface area contributed by atoms with Crippen LogP contribution in [0.25, 0.3) is 0 Å². The normalized spacial score (nSPS) is 12.1.